The van der Waals surface area contributed by atoms with Gasteiger partial charge in [0.1, 0.15) is 2.82 Å². The number of aromatic nitrogens is 1. The van der Waals surface area contributed by atoms with Gasteiger partial charge in [0.2, 0.25) is 0 Å². The number of esters is 2. The number of aromatic amines is 1. The lowest BCUT2D eigenvalue weighted by Gasteiger charge is -2.20. The average molecular weight is 379 g/mol. The maximum atomic E-state index is 12.9. The molecule has 1 atom stereocenters. The van der Waals surface area contributed by atoms with Crippen molar-refractivity contribution in [3.05, 3.63) is 35.5 Å². The minimum Gasteiger partial charge on any atom is -0.463 e. The molecule has 0 aliphatic rings. The van der Waals surface area contributed by atoms with Crippen LogP contribution in [0.3, 0.4) is 0 Å². The zero-order valence-corrected chi connectivity index (χ0v) is 16.2. The van der Waals surface area contributed by atoms with Gasteiger partial charge < -0.3 is 20.2 Å². The fraction of sp³-hybridized carbons (Fsp3) is 0.524. The summed E-state index contributed by atoms with van der Waals surface area (Å²) in [4.78, 5) is 28.1. The zero-order chi connectivity index (χ0) is 23.3. The molecule has 6 heteroatoms. The van der Waals surface area contributed by atoms with Crippen molar-refractivity contribution in [2.45, 2.75) is 65.1 Å². The van der Waals surface area contributed by atoms with Gasteiger partial charge in [0.25, 0.3) is 0 Å². The molecule has 2 aromatic rings. The normalized spacial score (nSPS) is 15.4. The highest BCUT2D eigenvalue weighted by Gasteiger charge is 2.27. The highest BCUT2D eigenvalue weighted by molar-refractivity contribution is 5.92. The Hall–Kier alpha value is -2.34. The lowest BCUT2D eigenvalue weighted by molar-refractivity contribution is -0.150. The van der Waals surface area contributed by atoms with E-state index in [4.69, 9.17) is 15.0 Å². The van der Waals surface area contributed by atoms with Crippen molar-refractivity contribution in [2.24, 2.45) is 5.72 Å². The van der Waals surface area contributed by atoms with Crippen molar-refractivity contribution in [1.29, 1.82) is 0 Å². The number of ether oxygens (including phenoxy) is 2. The molecule has 27 heavy (non-hydrogen) atoms. The van der Waals surface area contributed by atoms with Crippen LogP contribution in [0.25, 0.3) is 10.9 Å². The van der Waals surface area contributed by atoms with Crippen LogP contribution in [0.15, 0.2) is 24.4 Å². The van der Waals surface area contributed by atoms with Crippen LogP contribution in [0.4, 0.5) is 0 Å². The van der Waals surface area contributed by atoms with Crippen molar-refractivity contribution in [3.63, 3.8) is 0 Å². The smallest absolute Gasteiger partial charge is 0.313 e. The molecular formula is C21H30N2O4. The molecule has 2 rings (SSSR count). The number of hydrogen-bond acceptors (Lipinski definition) is 5. The second-order valence-electron chi connectivity index (χ2n) is 7.03. The van der Waals surface area contributed by atoms with E-state index in [1.165, 1.54) is 0 Å². The molecule has 6 nitrogen and oxygen atoms in total. The zero-order valence-electron chi connectivity index (χ0n) is 20.2. The average Bonchev–Trinajstić information content (AvgIpc) is 3.03. The molecule has 0 aliphatic carbocycles. The van der Waals surface area contributed by atoms with E-state index >= 15 is 0 Å². The van der Waals surface area contributed by atoms with Gasteiger partial charge >= 0.3 is 11.9 Å². The van der Waals surface area contributed by atoms with Crippen molar-refractivity contribution in [2.75, 3.05) is 6.50 Å². The molecule has 0 saturated carbocycles. The summed E-state index contributed by atoms with van der Waals surface area (Å²) in [7, 11) is 0. The molecule has 0 amide bonds. The number of aryl methyl sites for hydroxylation is 1. The molecule has 148 valence electrons. The fourth-order valence-electron chi connectivity index (χ4n) is 3.10. The van der Waals surface area contributed by atoms with Crippen LogP contribution < -0.4 is 5.72 Å². The summed E-state index contributed by atoms with van der Waals surface area (Å²) < 4.78 is 41.2. The minimum atomic E-state index is -2.22. The van der Waals surface area contributed by atoms with E-state index in [1.807, 2.05) is 0 Å². The van der Waals surface area contributed by atoms with Gasteiger partial charge in [-0.05, 0) is 64.2 Å². The van der Waals surface area contributed by atoms with E-state index in [1.54, 1.807) is 52.1 Å². The van der Waals surface area contributed by atoms with E-state index in [2.05, 4.69) is 4.98 Å². The van der Waals surface area contributed by atoms with Crippen molar-refractivity contribution >= 4 is 22.8 Å². The molecule has 1 aromatic heterocycles. The van der Waals surface area contributed by atoms with E-state index in [0.29, 0.717) is 22.0 Å². The summed E-state index contributed by atoms with van der Waals surface area (Å²) in [5, 5.41) is 0.635. The number of nitrogens with two attached hydrogens (primary N) is 1. The summed E-state index contributed by atoms with van der Waals surface area (Å²) >= 11 is 0. The van der Waals surface area contributed by atoms with E-state index in [-0.39, 0.29) is 37.2 Å². The third-order valence-corrected chi connectivity index (χ3v) is 4.11. The molecule has 3 N–H and O–H groups in total. The molecule has 1 unspecified atom stereocenters. The van der Waals surface area contributed by atoms with Crippen LogP contribution in [0.5, 0.6) is 0 Å². The molecule has 1 heterocycles. The topological polar surface area (TPSA) is 94.4 Å². The van der Waals surface area contributed by atoms with Gasteiger partial charge in [0.05, 0.1) is 18.1 Å². The summed E-state index contributed by atoms with van der Waals surface area (Å²) in [6.45, 7) is 4.78. The van der Waals surface area contributed by atoms with Crippen molar-refractivity contribution in [3.8, 4) is 0 Å². The minimum absolute atomic E-state index is 0.0280. The number of nitrogens with one attached hydrogen (secondary N) is 1. The Morgan fingerprint density at radius 3 is 2.63 bits per heavy atom. The maximum Gasteiger partial charge on any atom is 0.313 e. The van der Waals surface area contributed by atoms with Crippen LogP contribution in [-0.4, -0.2) is 35.6 Å². The Morgan fingerprint density at radius 2 is 1.96 bits per heavy atom. The van der Waals surface area contributed by atoms with Crippen LogP contribution in [0.1, 0.15) is 60.3 Å². The Kier molecular flexibility index (Phi) is 5.55. The molecule has 0 bridgehead atoms. The third-order valence-electron chi connectivity index (χ3n) is 4.11. The number of rotatable bonds is 10. The predicted molar refractivity (Wildman–Crippen MR) is 105 cm³/mol. The second-order valence-corrected chi connectivity index (χ2v) is 7.03. The number of hydrogen-bond donors (Lipinski definition) is 2. The number of carbonyl (C=O) groups excluding carboxylic acids is 2. The van der Waals surface area contributed by atoms with Crippen LogP contribution in [0, 0.1) is 0 Å². The lowest BCUT2D eigenvalue weighted by Crippen LogP contribution is -2.22. The highest BCUT2D eigenvalue weighted by atomic mass is 16.5. The van der Waals surface area contributed by atoms with E-state index in [9.17, 15) is 9.59 Å². The first kappa shape index (κ1) is 15.7. The number of H-pyrrole nitrogens is 1. The second kappa shape index (κ2) is 9.55. The first-order chi connectivity index (χ1) is 14.4. The molecule has 0 saturated heterocycles. The first-order valence-corrected chi connectivity index (χ1v) is 9.19. The predicted octanol–water partition coefficient (Wildman–Crippen LogP) is 3.44. The Morgan fingerprint density at radius 1 is 1.22 bits per heavy atom. The number of fused-ring (bicyclic) bond motifs is 1. The Balaban J connectivity index is 2.46. The van der Waals surface area contributed by atoms with Gasteiger partial charge in [-0.3, -0.25) is 9.59 Å². The van der Waals surface area contributed by atoms with Crippen molar-refractivity contribution < 1.29 is 24.6 Å². The summed E-state index contributed by atoms with van der Waals surface area (Å²) in [6, 6.07) is 5.33. The molecule has 0 aliphatic heterocycles. The van der Waals surface area contributed by atoms with Gasteiger partial charge in [-0.2, -0.15) is 0 Å². The van der Waals surface area contributed by atoms with Crippen LogP contribution in [0.2, 0.25) is 2.82 Å². The quantitative estimate of drug-likeness (QED) is 0.618. The van der Waals surface area contributed by atoms with Crippen molar-refractivity contribution in [1.82, 2.24) is 4.98 Å². The van der Waals surface area contributed by atoms with Crippen LogP contribution >= 0.6 is 0 Å². The number of benzene rings is 1. The lowest BCUT2D eigenvalue weighted by atomic mass is 9.89. The van der Waals surface area contributed by atoms with Gasteiger partial charge in [0, 0.05) is 26.3 Å². The SMILES string of the molecule is [2H]N([2H])C([2H])([2H])Cc1c[nH]c2cccc(C(CCC(=O)OC(C)C)C(=O)OC(C)C)c12. The maximum absolute atomic E-state index is 12.9. The number of carbonyl (C=O) groups is 2. The molecular weight excluding hydrogens is 344 g/mol. The van der Waals surface area contributed by atoms with E-state index in [0.717, 1.165) is 0 Å². The van der Waals surface area contributed by atoms with Crippen LogP contribution in [-0.2, 0) is 25.5 Å². The molecule has 0 radical (unpaired) electrons. The fourth-order valence-corrected chi connectivity index (χ4v) is 3.10. The highest BCUT2D eigenvalue weighted by Crippen LogP contribution is 2.32. The third kappa shape index (κ3) is 5.57. The van der Waals surface area contributed by atoms with Gasteiger partial charge in [-0.15, -0.1) is 0 Å². The van der Waals surface area contributed by atoms with Gasteiger partial charge in [-0.25, -0.2) is 0 Å². The van der Waals surface area contributed by atoms with E-state index < -0.39 is 24.4 Å². The Bertz CT molecular complexity index is 912. The molecule has 0 fully saturated rings. The Labute approximate surface area is 166 Å². The monoisotopic (exact) mass is 378 g/mol. The molecule has 0 spiro atoms. The summed E-state index contributed by atoms with van der Waals surface area (Å²) in [5.74, 6) is -1.64. The van der Waals surface area contributed by atoms with Gasteiger partial charge in [-0.1, -0.05) is 12.1 Å². The standard InChI is InChI=1S/C21H30N2O4/c1-13(2)26-19(24)9-8-17(21(25)27-14(3)4)16-6-5-7-18-20(16)15(10-11-22)12-23-18/h5-7,12-14,17,23H,8-11,22H2,1-4H3/i11D2/hD2. The summed E-state index contributed by atoms with van der Waals surface area (Å²) in [6.07, 6.45) is 1.01. The van der Waals surface area contributed by atoms with Gasteiger partial charge in [0.15, 0.2) is 0 Å². The summed E-state index contributed by atoms with van der Waals surface area (Å²) in [5.41, 5.74) is 1.86. The largest absolute Gasteiger partial charge is 0.463 e. The first-order valence-electron chi connectivity index (χ1n) is 11.1. The molecule has 1 aromatic carbocycles.